The van der Waals surface area contributed by atoms with Crippen molar-refractivity contribution in [2.24, 2.45) is 5.73 Å². The summed E-state index contributed by atoms with van der Waals surface area (Å²) in [6, 6.07) is 12.6. The third kappa shape index (κ3) is 3.98. The van der Waals surface area contributed by atoms with Crippen molar-refractivity contribution in [3.05, 3.63) is 63.6 Å². The number of hydrogen-bond acceptors (Lipinski definition) is 2. The molecule has 22 heavy (non-hydrogen) atoms. The minimum absolute atomic E-state index is 0.241. The van der Waals surface area contributed by atoms with Crippen LogP contribution in [0.1, 0.15) is 30.2 Å². The van der Waals surface area contributed by atoms with Crippen molar-refractivity contribution in [2.45, 2.75) is 24.0 Å². The van der Waals surface area contributed by atoms with Crippen LogP contribution in [0.5, 0.6) is 0 Å². The van der Waals surface area contributed by atoms with Gasteiger partial charge < -0.3 is 10.8 Å². The minimum atomic E-state index is -0.786. The summed E-state index contributed by atoms with van der Waals surface area (Å²) >= 11 is 11.9. The number of nitrogens with two attached hydrogens (primary N) is 1. The van der Waals surface area contributed by atoms with Crippen molar-refractivity contribution >= 4 is 34.1 Å². The molecular weight excluding hydrogens is 337 g/mol. The third-order valence-electron chi connectivity index (χ3n) is 3.73. The summed E-state index contributed by atoms with van der Waals surface area (Å²) in [5.41, 5.74) is 7.72. The van der Waals surface area contributed by atoms with Crippen LogP contribution in [0.3, 0.4) is 0 Å². The Morgan fingerprint density at radius 1 is 1.05 bits per heavy atom. The summed E-state index contributed by atoms with van der Waals surface area (Å²) < 4.78 is 0. The first-order valence-corrected chi connectivity index (χ1v) is 9.61. The number of rotatable bonds is 5. The SMILES string of the molecule is CC[S+](C)c1ccc([C@@H](O)[C@@H](N)c2ccc(Cl)c(Cl)c2)cc1. The molecule has 0 bridgehead atoms. The predicted octanol–water partition coefficient (Wildman–Crippen LogP) is 4.35. The van der Waals surface area contributed by atoms with Crippen LogP contribution in [0, 0.1) is 0 Å². The van der Waals surface area contributed by atoms with Gasteiger partial charge in [-0.15, -0.1) is 0 Å². The van der Waals surface area contributed by atoms with Gasteiger partial charge in [0.1, 0.15) is 12.0 Å². The molecule has 0 aliphatic rings. The van der Waals surface area contributed by atoms with Crippen molar-refractivity contribution in [3.8, 4) is 0 Å². The van der Waals surface area contributed by atoms with Gasteiger partial charge in [0.15, 0.2) is 4.90 Å². The van der Waals surface area contributed by atoms with Gasteiger partial charge in [0.05, 0.1) is 22.2 Å². The molecule has 2 rings (SSSR count). The number of hydrogen-bond donors (Lipinski definition) is 2. The Balaban J connectivity index is 2.19. The van der Waals surface area contributed by atoms with Gasteiger partial charge in [0.25, 0.3) is 0 Å². The molecule has 0 aromatic heterocycles. The molecule has 5 heteroatoms. The molecule has 2 nitrogen and oxygen atoms in total. The molecule has 3 atom stereocenters. The largest absolute Gasteiger partial charge is 0.386 e. The lowest BCUT2D eigenvalue weighted by Crippen LogP contribution is -2.19. The van der Waals surface area contributed by atoms with E-state index in [1.54, 1.807) is 18.2 Å². The van der Waals surface area contributed by atoms with Crippen LogP contribution in [-0.2, 0) is 10.9 Å². The van der Waals surface area contributed by atoms with Gasteiger partial charge in [0, 0.05) is 10.9 Å². The second-order valence-electron chi connectivity index (χ2n) is 5.14. The minimum Gasteiger partial charge on any atom is -0.386 e. The van der Waals surface area contributed by atoms with E-state index < -0.39 is 12.1 Å². The topological polar surface area (TPSA) is 46.2 Å². The summed E-state index contributed by atoms with van der Waals surface area (Å²) in [6.07, 6.45) is 1.43. The maximum Gasteiger partial charge on any atom is 0.154 e. The monoisotopic (exact) mass is 356 g/mol. The molecule has 0 aliphatic heterocycles. The lowest BCUT2D eigenvalue weighted by molar-refractivity contribution is 0.147. The fraction of sp³-hybridized carbons (Fsp3) is 0.294. The number of benzene rings is 2. The normalized spacial score (nSPS) is 15.4. The van der Waals surface area contributed by atoms with Crippen LogP contribution in [0.25, 0.3) is 0 Å². The summed E-state index contributed by atoms with van der Waals surface area (Å²) in [4.78, 5) is 1.29. The summed E-state index contributed by atoms with van der Waals surface area (Å²) in [5, 5.41) is 11.4. The highest BCUT2D eigenvalue weighted by Crippen LogP contribution is 2.31. The zero-order valence-corrected chi connectivity index (χ0v) is 14.9. The van der Waals surface area contributed by atoms with E-state index in [-0.39, 0.29) is 10.9 Å². The fourth-order valence-electron chi connectivity index (χ4n) is 2.17. The molecule has 0 saturated carbocycles. The average Bonchev–Trinajstić information content (AvgIpc) is 2.55. The van der Waals surface area contributed by atoms with Crippen LogP contribution in [0.2, 0.25) is 10.0 Å². The molecule has 0 heterocycles. The molecule has 3 N–H and O–H groups in total. The van der Waals surface area contributed by atoms with Gasteiger partial charge in [-0.3, -0.25) is 0 Å². The van der Waals surface area contributed by atoms with E-state index in [4.69, 9.17) is 28.9 Å². The molecule has 0 fully saturated rings. The van der Waals surface area contributed by atoms with Crippen molar-refractivity contribution < 1.29 is 5.11 Å². The second-order valence-corrected chi connectivity index (χ2v) is 8.28. The molecule has 0 radical (unpaired) electrons. The molecule has 2 aromatic rings. The van der Waals surface area contributed by atoms with E-state index in [0.717, 1.165) is 16.9 Å². The zero-order chi connectivity index (χ0) is 16.3. The number of halogens is 2. The van der Waals surface area contributed by atoms with Gasteiger partial charge in [-0.1, -0.05) is 41.4 Å². The van der Waals surface area contributed by atoms with Crippen LogP contribution in [0.4, 0.5) is 0 Å². The van der Waals surface area contributed by atoms with Gasteiger partial charge >= 0.3 is 0 Å². The highest BCUT2D eigenvalue weighted by Gasteiger charge is 2.21. The first-order chi connectivity index (χ1) is 10.4. The smallest absolute Gasteiger partial charge is 0.154 e. The van der Waals surface area contributed by atoms with Crippen molar-refractivity contribution in [1.82, 2.24) is 0 Å². The zero-order valence-electron chi connectivity index (χ0n) is 12.6. The molecular formula is C17H20Cl2NOS+. The van der Waals surface area contributed by atoms with Crippen molar-refractivity contribution in [3.63, 3.8) is 0 Å². The molecule has 118 valence electrons. The molecule has 1 unspecified atom stereocenters. The van der Waals surface area contributed by atoms with E-state index in [1.807, 2.05) is 12.1 Å². The van der Waals surface area contributed by atoms with Crippen molar-refractivity contribution in [1.29, 1.82) is 0 Å². The van der Waals surface area contributed by atoms with Gasteiger partial charge in [-0.2, -0.15) is 0 Å². The summed E-state index contributed by atoms with van der Waals surface area (Å²) in [6.45, 7) is 2.17. The fourth-order valence-corrected chi connectivity index (χ4v) is 3.41. The van der Waals surface area contributed by atoms with Crippen molar-refractivity contribution in [2.75, 3.05) is 12.0 Å². The quantitative estimate of drug-likeness (QED) is 0.782. The Morgan fingerprint density at radius 2 is 1.64 bits per heavy atom. The van der Waals surface area contributed by atoms with E-state index in [9.17, 15) is 5.11 Å². The highest BCUT2D eigenvalue weighted by molar-refractivity contribution is 7.96. The Bertz CT molecular complexity index is 633. The third-order valence-corrected chi connectivity index (χ3v) is 6.41. The first-order valence-electron chi connectivity index (χ1n) is 7.05. The first kappa shape index (κ1) is 17.6. The maximum atomic E-state index is 10.5. The molecule has 0 amide bonds. The standard InChI is InChI=1S/C17H20Cl2NOS/c1-3-22(2)13-7-4-11(5-8-13)17(21)16(20)12-6-9-14(18)15(19)10-12/h4-10,16-17,21H,3,20H2,1-2H3/q+1/t16-,17+,22?/m0/s1. The molecule has 2 aromatic carbocycles. The van der Waals surface area contributed by atoms with Crippen LogP contribution in [0.15, 0.2) is 47.4 Å². The average molecular weight is 357 g/mol. The Labute approximate surface area is 144 Å². The number of aliphatic hydroxyl groups is 1. The molecule has 0 saturated heterocycles. The van der Waals surface area contributed by atoms with E-state index in [2.05, 4.69) is 25.3 Å². The van der Waals surface area contributed by atoms with E-state index in [0.29, 0.717) is 10.0 Å². The van der Waals surface area contributed by atoms with E-state index >= 15 is 0 Å². The Morgan fingerprint density at radius 3 is 2.18 bits per heavy atom. The van der Waals surface area contributed by atoms with Crippen LogP contribution >= 0.6 is 23.2 Å². The molecule has 0 aliphatic carbocycles. The van der Waals surface area contributed by atoms with Crippen LogP contribution < -0.4 is 5.73 Å². The van der Waals surface area contributed by atoms with Gasteiger partial charge in [0.2, 0.25) is 0 Å². The summed E-state index contributed by atoms with van der Waals surface area (Å²) in [5.74, 6) is 1.12. The van der Waals surface area contributed by atoms with E-state index in [1.165, 1.54) is 4.90 Å². The lowest BCUT2D eigenvalue weighted by atomic mass is 9.97. The highest BCUT2D eigenvalue weighted by atomic mass is 35.5. The van der Waals surface area contributed by atoms with Crippen LogP contribution in [-0.4, -0.2) is 17.1 Å². The Hall–Kier alpha value is -0.710. The second kappa shape index (κ2) is 7.71. The molecule has 0 spiro atoms. The predicted molar refractivity (Wildman–Crippen MR) is 96.9 cm³/mol. The Kier molecular flexibility index (Phi) is 6.18. The maximum absolute atomic E-state index is 10.5. The number of aliphatic hydroxyl groups excluding tert-OH is 1. The summed E-state index contributed by atoms with van der Waals surface area (Å²) in [7, 11) is 0.241. The lowest BCUT2D eigenvalue weighted by Gasteiger charge is -2.20. The van der Waals surface area contributed by atoms with Gasteiger partial charge in [-0.05, 0) is 42.3 Å². The van der Waals surface area contributed by atoms with Gasteiger partial charge in [-0.25, -0.2) is 0 Å².